The molecule has 1 rings (SSSR count). The monoisotopic (exact) mass is 288 g/mol. The molecule has 0 bridgehead atoms. The van der Waals surface area contributed by atoms with Crippen molar-refractivity contribution in [1.29, 1.82) is 0 Å². The van der Waals surface area contributed by atoms with Crippen LogP contribution in [-0.2, 0) is 9.53 Å². The van der Waals surface area contributed by atoms with Gasteiger partial charge in [-0.05, 0) is 25.1 Å². The second-order valence-electron chi connectivity index (χ2n) is 3.86. The largest absolute Gasteiger partial charge is 0.465 e. The van der Waals surface area contributed by atoms with Gasteiger partial charge in [-0.2, -0.15) is 8.78 Å². The van der Waals surface area contributed by atoms with Gasteiger partial charge in [-0.25, -0.2) is 4.79 Å². The van der Waals surface area contributed by atoms with E-state index in [1.54, 1.807) is 0 Å². The Kier molecular flexibility index (Phi) is 5.39. The van der Waals surface area contributed by atoms with Gasteiger partial charge in [-0.3, -0.25) is 4.79 Å². The lowest BCUT2D eigenvalue weighted by Gasteiger charge is -2.14. The van der Waals surface area contributed by atoms with Gasteiger partial charge in [0.05, 0.1) is 24.4 Å². The van der Waals surface area contributed by atoms with Gasteiger partial charge in [0, 0.05) is 0 Å². The molecule has 1 aromatic rings. The maximum absolute atomic E-state index is 12.3. The SMILES string of the molecule is COC(=O)c1ccc(NC(=O)[C@H](C)N)c(OC(F)F)c1. The van der Waals surface area contributed by atoms with E-state index < -0.39 is 24.5 Å². The molecular formula is C12H14F2N2O4. The van der Waals surface area contributed by atoms with Crippen LogP contribution in [0.3, 0.4) is 0 Å². The van der Waals surface area contributed by atoms with Crippen molar-refractivity contribution in [3.8, 4) is 5.75 Å². The molecule has 3 N–H and O–H groups in total. The summed E-state index contributed by atoms with van der Waals surface area (Å²) in [4.78, 5) is 22.8. The first-order chi connectivity index (χ1) is 9.35. The van der Waals surface area contributed by atoms with Crippen LogP contribution < -0.4 is 15.8 Å². The Morgan fingerprint density at radius 3 is 2.50 bits per heavy atom. The van der Waals surface area contributed by atoms with Crippen molar-refractivity contribution in [3.63, 3.8) is 0 Å². The standard InChI is InChI=1S/C12H14F2N2O4/c1-6(15)10(17)16-8-4-3-7(11(18)19-2)5-9(8)20-12(13)14/h3-6,12H,15H2,1-2H3,(H,16,17)/t6-/m0/s1. The molecule has 20 heavy (non-hydrogen) atoms. The molecule has 0 heterocycles. The number of hydrogen-bond acceptors (Lipinski definition) is 5. The van der Waals surface area contributed by atoms with Gasteiger partial charge in [-0.15, -0.1) is 0 Å². The van der Waals surface area contributed by atoms with Crippen LogP contribution in [0.2, 0.25) is 0 Å². The zero-order valence-electron chi connectivity index (χ0n) is 10.9. The number of ether oxygens (including phenoxy) is 2. The minimum Gasteiger partial charge on any atom is -0.465 e. The molecular weight excluding hydrogens is 274 g/mol. The van der Waals surface area contributed by atoms with Crippen LogP contribution in [0.1, 0.15) is 17.3 Å². The predicted octanol–water partition coefficient (Wildman–Crippen LogP) is 1.36. The maximum Gasteiger partial charge on any atom is 0.387 e. The highest BCUT2D eigenvalue weighted by molar-refractivity contribution is 5.97. The Morgan fingerprint density at radius 2 is 2.00 bits per heavy atom. The molecule has 6 nitrogen and oxygen atoms in total. The third kappa shape index (κ3) is 4.16. The molecule has 0 aliphatic carbocycles. The number of benzene rings is 1. The Bertz CT molecular complexity index is 506. The molecule has 1 amide bonds. The molecule has 0 saturated heterocycles. The summed E-state index contributed by atoms with van der Waals surface area (Å²) in [5, 5.41) is 2.33. The van der Waals surface area contributed by atoms with Crippen LogP contribution in [0.4, 0.5) is 14.5 Å². The van der Waals surface area contributed by atoms with Gasteiger partial charge in [0.15, 0.2) is 0 Å². The molecule has 0 aliphatic rings. The number of amides is 1. The summed E-state index contributed by atoms with van der Waals surface area (Å²) in [6, 6.07) is 2.79. The molecule has 0 aliphatic heterocycles. The zero-order valence-corrected chi connectivity index (χ0v) is 10.9. The van der Waals surface area contributed by atoms with E-state index in [9.17, 15) is 18.4 Å². The topological polar surface area (TPSA) is 90.7 Å². The molecule has 0 aromatic heterocycles. The smallest absolute Gasteiger partial charge is 0.387 e. The number of methoxy groups -OCH3 is 1. The minimum absolute atomic E-state index is 0.0137. The molecule has 1 aromatic carbocycles. The fourth-order valence-electron chi connectivity index (χ4n) is 1.31. The van der Waals surface area contributed by atoms with Crippen molar-refractivity contribution < 1.29 is 27.8 Å². The van der Waals surface area contributed by atoms with E-state index in [-0.39, 0.29) is 17.0 Å². The van der Waals surface area contributed by atoms with Gasteiger partial charge in [0.1, 0.15) is 5.75 Å². The van der Waals surface area contributed by atoms with Crippen LogP contribution >= 0.6 is 0 Å². The summed E-state index contributed by atoms with van der Waals surface area (Å²) in [6.45, 7) is -1.67. The summed E-state index contributed by atoms with van der Waals surface area (Å²) in [7, 11) is 1.15. The summed E-state index contributed by atoms with van der Waals surface area (Å²) in [6.07, 6.45) is 0. The Hall–Kier alpha value is -2.22. The number of alkyl halides is 2. The molecule has 8 heteroatoms. The lowest BCUT2D eigenvalue weighted by atomic mass is 10.2. The molecule has 110 valence electrons. The highest BCUT2D eigenvalue weighted by Gasteiger charge is 2.17. The second-order valence-corrected chi connectivity index (χ2v) is 3.86. The molecule has 0 spiro atoms. The van der Waals surface area contributed by atoms with Crippen molar-refractivity contribution in [2.75, 3.05) is 12.4 Å². The van der Waals surface area contributed by atoms with E-state index in [1.807, 2.05) is 0 Å². The summed E-state index contributed by atoms with van der Waals surface area (Å²) < 4.78 is 33.4. The first kappa shape index (κ1) is 15.8. The summed E-state index contributed by atoms with van der Waals surface area (Å²) in [5.74, 6) is -1.64. The first-order valence-electron chi connectivity index (χ1n) is 5.58. The van der Waals surface area contributed by atoms with Crippen LogP contribution in [0, 0.1) is 0 Å². The number of anilines is 1. The van der Waals surface area contributed by atoms with E-state index in [2.05, 4.69) is 14.8 Å². The van der Waals surface area contributed by atoms with Gasteiger partial charge < -0.3 is 20.5 Å². The van der Waals surface area contributed by atoms with Crippen molar-refractivity contribution in [2.24, 2.45) is 5.73 Å². The first-order valence-corrected chi connectivity index (χ1v) is 5.58. The predicted molar refractivity (Wildman–Crippen MR) is 66.7 cm³/mol. The van der Waals surface area contributed by atoms with Crippen molar-refractivity contribution in [1.82, 2.24) is 0 Å². The van der Waals surface area contributed by atoms with Gasteiger partial charge in [0.25, 0.3) is 0 Å². The quantitative estimate of drug-likeness (QED) is 0.798. The number of esters is 1. The number of halogens is 2. The fourth-order valence-corrected chi connectivity index (χ4v) is 1.31. The Labute approximate surface area is 113 Å². The number of rotatable bonds is 5. The number of carbonyl (C=O) groups is 2. The van der Waals surface area contributed by atoms with Crippen molar-refractivity contribution in [2.45, 2.75) is 19.6 Å². The number of nitrogens with one attached hydrogen (secondary N) is 1. The average molecular weight is 288 g/mol. The van der Waals surface area contributed by atoms with Crippen LogP contribution in [0.15, 0.2) is 18.2 Å². The summed E-state index contributed by atoms with van der Waals surface area (Å²) >= 11 is 0. The maximum atomic E-state index is 12.3. The van der Waals surface area contributed by atoms with E-state index in [1.165, 1.54) is 19.1 Å². The Morgan fingerprint density at radius 1 is 1.35 bits per heavy atom. The van der Waals surface area contributed by atoms with Crippen LogP contribution in [-0.4, -0.2) is 31.6 Å². The fraction of sp³-hybridized carbons (Fsp3) is 0.333. The third-order valence-electron chi connectivity index (χ3n) is 2.29. The molecule has 0 fully saturated rings. The molecule has 0 saturated carbocycles. The third-order valence-corrected chi connectivity index (χ3v) is 2.29. The molecule has 1 atom stereocenters. The average Bonchev–Trinajstić information content (AvgIpc) is 2.38. The van der Waals surface area contributed by atoms with Gasteiger partial charge >= 0.3 is 12.6 Å². The number of carbonyl (C=O) groups excluding carboxylic acids is 2. The highest BCUT2D eigenvalue weighted by atomic mass is 19.3. The molecule has 0 radical (unpaired) electrons. The lowest BCUT2D eigenvalue weighted by Crippen LogP contribution is -2.32. The number of hydrogen-bond donors (Lipinski definition) is 2. The highest BCUT2D eigenvalue weighted by Crippen LogP contribution is 2.28. The van der Waals surface area contributed by atoms with Crippen LogP contribution in [0.25, 0.3) is 0 Å². The zero-order chi connectivity index (χ0) is 15.3. The van der Waals surface area contributed by atoms with E-state index in [0.717, 1.165) is 13.2 Å². The van der Waals surface area contributed by atoms with Gasteiger partial charge in [0.2, 0.25) is 5.91 Å². The Balaban J connectivity index is 3.09. The number of nitrogens with two attached hydrogens (primary N) is 1. The van der Waals surface area contributed by atoms with Crippen molar-refractivity contribution >= 4 is 17.6 Å². The van der Waals surface area contributed by atoms with Crippen molar-refractivity contribution in [3.05, 3.63) is 23.8 Å². The second kappa shape index (κ2) is 6.80. The molecule has 0 unspecified atom stereocenters. The minimum atomic E-state index is -3.10. The van der Waals surface area contributed by atoms with Crippen LogP contribution in [0.5, 0.6) is 5.75 Å². The van der Waals surface area contributed by atoms with E-state index in [0.29, 0.717) is 0 Å². The van der Waals surface area contributed by atoms with E-state index in [4.69, 9.17) is 5.73 Å². The normalized spacial score (nSPS) is 11.9. The van der Waals surface area contributed by atoms with Gasteiger partial charge in [-0.1, -0.05) is 0 Å². The van der Waals surface area contributed by atoms with E-state index >= 15 is 0 Å². The lowest BCUT2D eigenvalue weighted by molar-refractivity contribution is -0.117. The summed E-state index contributed by atoms with van der Waals surface area (Å²) in [5.41, 5.74) is 5.36.